The number of ether oxygens (including phenoxy) is 1. The summed E-state index contributed by atoms with van der Waals surface area (Å²) in [7, 11) is -6.76. The van der Waals surface area contributed by atoms with Crippen molar-refractivity contribution in [1.29, 1.82) is 0 Å². The van der Waals surface area contributed by atoms with Crippen molar-refractivity contribution in [3.05, 3.63) is 29.3 Å². The molecule has 1 amide bonds. The molecular formula is C16H19N3O6S3. The maximum Gasteiger partial charge on any atom is 0.267 e. The van der Waals surface area contributed by atoms with Crippen molar-refractivity contribution < 1.29 is 26.4 Å². The van der Waals surface area contributed by atoms with E-state index in [1.807, 2.05) is 0 Å². The summed E-state index contributed by atoms with van der Waals surface area (Å²) < 4.78 is 58.8. The first-order valence-electron chi connectivity index (χ1n) is 8.08. The van der Waals surface area contributed by atoms with Crippen molar-refractivity contribution in [2.75, 3.05) is 21.9 Å². The largest absolute Gasteiger partial charge is 0.495 e. The van der Waals surface area contributed by atoms with Crippen molar-refractivity contribution in [2.24, 2.45) is 5.41 Å². The third kappa shape index (κ3) is 3.59. The summed E-state index contributed by atoms with van der Waals surface area (Å²) in [6, 6.07) is 3.76. The van der Waals surface area contributed by atoms with E-state index in [0.29, 0.717) is 10.00 Å². The number of aryl methyl sites for hydroxylation is 1. The maximum absolute atomic E-state index is 12.9. The van der Waals surface area contributed by atoms with Crippen LogP contribution in [0.25, 0.3) is 0 Å². The van der Waals surface area contributed by atoms with Gasteiger partial charge in [0.15, 0.2) is 5.13 Å². The van der Waals surface area contributed by atoms with Crippen LogP contribution in [0.3, 0.4) is 0 Å². The Bertz CT molecular complexity index is 1150. The molecule has 9 nitrogen and oxygen atoms in total. The highest BCUT2D eigenvalue weighted by Gasteiger charge is 2.50. The smallest absolute Gasteiger partial charge is 0.267 e. The van der Waals surface area contributed by atoms with Crippen LogP contribution in [0.15, 0.2) is 28.5 Å². The molecule has 28 heavy (non-hydrogen) atoms. The zero-order valence-electron chi connectivity index (χ0n) is 15.6. The van der Waals surface area contributed by atoms with Gasteiger partial charge in [-0.3, -0.25) is 9.52 Å². The second kappa shape index (κ2) is 6.71. The molecule has 2 aromatic rings. The van der Waals surface area contributed by atoms with Gasteiger partial charge in [-0.1, -0.05) is 0 Å². The number of thiazole rings is 1. The molecule has 2 heterocycles. The summed E-state index contributed by atoms with van der Waals surface area (Å²) >= 11 is 1.11. The van der Waals surface area contributed by atoms with Crippen LogP contribution >= 0.6 is 11.3 Å². The van der Waals surface area contributed by atoms with Crippen molar-refractivity contribution in [3.8, 4) is 5.75 Å². The average molecular weight is 446 g/mol. The Balaban J connectivity index is 2.10. The Morgan fingerprint density at radius 1 is 1.32 bits per heavy atom. The zero-order valence-corrected chi connectivity index (χ0v) is 18.0. The Morgan fingerprint density at radius 3 is 2.50 bits per heavy atom. The fourth-order valence-corrected chi connectivity index (χ4v) is 7.06. The van der Waals surface area contributed by atoms with Gasteiger partial charge in [0.1, 0.15) is 10.6 Å². The molecule has 1 fully saturated rings. The van der Waals surface area contributed by atoms with Gasteiger partial charge >= 0.3 is 0 Å². The second-order valence-electron chi connectivity index (χ2n) is 6.94. The molecule has 0 atom stereocenters. The standard InChI is InChI=1S/C16H19N3O6S3/c1-10-8-26-15(17-10)18-28(23,24)13-7-11(5-6-12(13)25-4)19-14(20)16(2,3)9-27(19,21)22/h5-8H,9H2,1-4H3,(H,17,18). The first-order chi connectivity index (χ1) is 12.9. The summed E-state index contributed by atoms with van der Waals surface area (Å²) in [4.78, 5) is 16.4. The lowest BCUT2D eigenvalue weighted by Crippen LogP contribution is -2.33. The number of amides is 1. The molecule has 0 bridgehead atoms. The Morgan fingerprint density at radius 2 is 2.00 bits per heavy atom. The lowest BCUT2D eigenvalue weighted by molar-refractivity contribution is -0.123. The molecule has 0 unspecified atom stereocenters. The highest BCUT2D eigenvalue weighted by atomic mass is 32.2. The van der Waals surface area contributed by atoms with Gasteiger partial charge in [0.25, 0.3) is 10.0 Å². The number of nitrogens with zero attached hydrogens (tertiary/aromatic N) is 2. The van der Waals surface area contributed by atoms with Crippen LogP contribution in [-0.2, 0) is 24.8 Å². The lowest BCUT2D eigenvalue weighted by Gasteiger charge is -2.19. The molecule has 0 saturated carbocycles. The van der Waals surface area contributed by atoms with E-state index in [4.69, 9.17) is 4.74 Å². The number of rotatable bonds is 5. The quantitative estimate of drug-likeness (QED) is 0.746. The summed E-state index contributed by atoms with van der Waals surface area (Å²) in [5, 5.41) is 1.85. The average Bonchev–Trinajstić information content (AvgIpc) is 3.04. The van der Waals surface area contributed by atoms with E-state index in [0.717, 1.165) is 17.4 Å². The number of benzene rings is 1. The molecule has 0 radical (unpaired) electrons. The topological polar surface area (TPSA) is 123 Å². The number of anilines is 2. The van der Waals surface area contributed by atoms with E-state index in [2.05, 4.69) is 9.71 Å². The van der Waals surface area contributed by atoms with Crippen LogP contribution in [0.5, 0.6) is 5.75 Å². The lowest BCUT2D eigenvalue weighted by atomic mass is 9.95. The summed E-state index contributed by atoms with van der Waals surface area (Å²) in [6.45, 7) is 4.78. The summed E-state index contributed by atoms with van der Waals surface area (Å²) in [6.07, 6.45) is 0. The zero-order chi connectivity index (χ0) is 20.9. The summed E-state index contributed by atoms with van der Waals surface area (Å²) in [5.74, 6) is -0.971. The molecule has 152 valence electrons. The Kier molecular flexibility index (Phi) is 4.92. The minimum atomic E-state index is -4.14. The van der Waals surface area contributed by atoms with Gasteiger partial charge in [0.2, 0.25) is 15.9 Å². The first kappa shape index (κ1) is 20.6. The van der Waals surface area contributed by atoms with Crippen LogP contribution in [0, 0.1) is 12.3 Å². The predicted molar refractivity (Wildman–Crippen MR) is 106 cm³/mol. The monoisotopic (exact) mass is 445 g/mol. The normalized spacial score (nSPS) is 18.3. The van der Waals surface area contributed by atoms with E-state index < -0.39 is 31.4 Å². The fourth-order valence-electron chi connectivity index (χ4n) is 2.83. The number of hydrogen-bond acceptors (Lipinski definition) is 8. The van der Waals surface area contributed by atoms with Crippen LogP contribution in [0.1, 0.15) is 19.5 Å². The van der Waals surface area contributed by atoms with Gasteiger partial charge in [-0.05, 0) is 39.0 Å². The molecule has 1 N–H and O–H groups in total. The van der Waals surface area contributed by atoms with Crippen molar-refractivity contribution >= 4 is 48.1 Å². The molecular weight excluding hydrogens is 426 g/mol. The number of carbonyl (C=O) groups excluding carboxylic acids is 1. The molecule has 1 aromatic heterocycles. The highest BCUT2D eigenvalue weighted by Crippen LogP contribution is 2.38. The molecule has 0 aliphatic carbocycles. The third-order valence-corrected chi connectivity index (χ3v) is 8.48. The predicted octanol–water partition coefficient (Wildman–Crippen LogP) is 1.96. The van der Waals surface area contributed by atoms with Gasteiger partial charge in [0.05, 0.1) is 29.7 Å². The van der Waals surface area contributed by atoms with Crippen molar-refractivity contribution in [1.82, 2.24) is 4.98 Å². The van der Waals surface area contributed by atoms with E-state index >= 15 is 0 Å². The van der Waals surface area contributed by atoms with E-state index in [-0.39, 0.29) is 27.2 Å². The van der Waals surface area contributed by atoms with Gasteiger partial charge in [-0.2, -0.15) is 0 Å². The Labute approximate surface area is 167 Å². The SMILES string of the molecule is COc1ccc(N2C(=O)C(C)(C)CS2(=O)=O)cc1S(=O)(=O)Nc1nc(C)cs1. The minimum Gasteiger partial charge on any atom is -0.495 e. The Hall–Kier alpha value is -2.18. The van der Waals surface area contributed by atoms with Gasteiger partial charge < -0.3 is 4.74 Å². The van der Waals surface area contributed by atoms with Gasteiger partial charge in [-0.25, -0.2) is 26.1 Å². The number of hydrogen-bond donors (Lipinski definition) is 1. The second-order valence-corrected chi connectivity index (χ2v) is 11.3. The minimum absolute atomic E-state index is 0.00725. The number of nitrogens with one attached hydrogen (secondary N) is 1. The third-order valence-electron chi connectivity index (χ3n) is 4.10. The molecule has 1 aromatic carbocycles. The van der Waals surface area contributed by atoms with Crippen molar-refractivity contribution in [3.63, 3.8) is 0 Å². The first-order valence-corrected chi connectivity index (χ1v) is 12.0. The highest BCUT2D eigenvalue weighted by molar-refractivity contribution is 7.94. The molecule has 0 spiro atoms. The van der Waals surface area contributed by atoms with E-state index in [1.165, 1.54) is 33.1 Å². The van der Waals surface area contributed by atoms with Gasteiger partial charge in [0, 0.05) is 5.38 Å². The molecule has 3 rings (SSSR count). The number of aromatic nitrogens is 1. The number of carbonyl (C=O) groups is 1. The van der Waals surface area contributed by atoms with Crippen molar-refractivity contribution in [2.45, 2.75) is 25.7 Å². The fraction of sp³-hybridized carbons (Fsp3) is 0.375. The van der Waals surface area contributed by atoms with Crippen LogP contribution in [0.4, 0.5) is 10.8 Å². The molecule has 1 saturated heterocycles. The van der Waals surface area contributed by atoms with E-state index in [1.54, 1.807) is 12.3 Å². The van der Waals surface area contributed by atoms with Gasteiger partial charge in [-0.15, -0.1) is 11.3 Å². The summed E-state index contributed by atoms with van der Waals surface area (Å²) in [5.41, 5.74) is -0.513. The molecule has 1 aliphatic rings. The van der Waals surface area contributed by atoms with Crippen LogP contribution in [0.2, 0.25) is 0 Å². The van der Waals surface area contributed by atoms with Crippen LogP contribution in [-0.4, -0.2) is 40.6 Å². The molecule has 1 aliphatic heterocycles. The van der Waals surface area contributed by atoms with Crippen LogP contribution < -0.4 is 13.8 Å². The number of methoxy groups -OCH3 is 1. The number of sulfonamides is 2. The molecule has 12 heteroatoms. The maximum atomic E-state index is 12.9. The van der Waals surface area contributed by atoms with E-state index in [9.17, 15) is 21.6 Å².